The topological polar surface area (TPSA) is 43.4 Å². The number of ether oxygens (including phenoxy) is 1. The number of aldehydes is 1. The van der Waals surface area contributed by atoms with Gasteiger partial charge < -0.3 is 4.74 Å². The van der Waals surface area contributed by atoms with Crippen molar-refractivity contribution in [3.63, 3.8) is 0 Å². The summed E-state index contributed by atoms with van der Waals surface area (Å²) in [6, 6.07) is 3.72. The zero-order valence-corrected chi connectivity index (χ0v) is 9.87. The summed E-state index contributed by atoms with van der Waals surface area (Å²) in [5.41, 5.74) is 3.32. The molecule has 0 saturated heterocycles. The van der Waals surface area contributed by atoms with Crippen molar-refractivity contribution >= 4 is 12.3 Å². The molecule has 1 aromatic carbocycles. The molecule has 0 heterocycles. The first-order valence-electron chi connectivity index (χ1n) is 5.30. The van der Waals surface area contributed by atoms with Crippen molar-refractivity contribution in [2.24, 2.45) is 0 Å². The van der Waals surface area contributed by atoms with Gasteiger partial charge in [0.2, 0.25) is 0 Å². The normalized spacial score (nSPS) is 9.94. The van der Waals surface area contributed by atoms with Gasteiger partial charge in [0.1, 0.15) is 0 Å². The quantitative estimate of drug-likeness (QED) is 0.577. The maximum Gasteiger partial charge on any atom is 0.310 e. The Hall–Kier alpha value is -1.64. The average Bonchev–Trinajstić information content (AvgIpc) is 2.24. The lowest BCUT2D eigenvalue weighted by Gasteiger charge is -2.09. The second kappa shape index (κ2) is 5.45. The molecule has 0 fully saturated rings. The molecule has 1 aromatic rings. The van der Waals surface area contributed by atoms with Gasteiger partial charge in [-0.1, -0.05) is 12.1 Å². The number of esters is 1. The molecule has 1 rings (SSSR count). The Balaban J connectivity index is 3.00. The molecule has 0 bridgehead atoms. The Labute approximate surface area is 95.4 Å². The molecule has 86 valence electrons. The highest BCUT2D eigenvalue weighted by Crippen LogP contribution is 2.17. The van der Waals surface area contributed by atoms with Gasteiger partial charge in [-0.3, -0.25) is 9.59 Å². The van der Waals surface area contributed by atoms with Crippen LogP contribution >= 0.6 is 0 Å². The van der Waals surface area contributed by atoms with Crippen LogP contribution in [0.25, 0.3) is 0 Å². The van der Waals surface area contributed by atoms with Crippen LogP contribution in [0.15, 0.2) is 12.1 Å². The van der Waals surface area contributed by atoms with Gasteiger partial charge >= 0.3 is 5.97 Å². The number of carbonyl (C=O) groups is 2. The van der Waals surface area contributed by atoms with Crippen molar-refractivity contribution in [1.82, 2.24) is 0 Å². The maximum absolute atomic E-state index is 11.3. The molecule has 0 N–H and O–H groups in total. The Morgan fingerprint density at radius 3 is 2.62 bits per heavy atom. The van der Waals surface area contributed by atoms with E-state index in [-0.39, 0.29) is 12.4 Å². The van der Waals surface area contributed by atoms with Crippen LogP contribution in [0.3, 0.4) is 0 Å². The summed E-state index contributed by atoms with van der Waals surface area (Å²) in [5.74, 6) is -0.297. The van der Waals surface area contributed by atoms with Crippen LogP contribution < -0.4 is 0 Å². The van der Waals surface area contributed by atoms with Crippen LogP contribution in [0, 0.1) is 13.8 Å². The zero-order valence-electron chi connectivity index (χ0n) is 9.87. The lowest BCUT2D eigenvalue weighted by molar-refractivity contribution is -0.142. The Morgan fingerprint density at radius 2 is 2.06 bits per heavy atom. The average molecular weight is 220 g/mol. The molecule has 0 atom stereocenters. The van der Waals surface area contributed by atoms with E-state index in [9.17, 15) is 9.59 Å². The number of rotatable bonds is 4. The van der Waals surface area contributed by atoms with Crippen LogP contribution in [0.4, 0.5) is 0 Å². The number of aryl methyl sites for hydroxylation is 1. The van der Waals surface area contributed by atoms with E-state index >= 15 is 0 Å². The summed E-state index contributed by atoms with van der Waals surface area (Å²) in [4.78, 5) is 22.3. The van der Waals surface area contributed by atoms with Gasteiger partial charge in [0.25, 0.3) is 0 Å². The molecule has 0 saturated carbocycles. The zero-order chi connectivity index (χ0) is 12.1. The lowest BCUT2D eigenvalue weighted by atomic mass is 9.97. The molecule has 3 heteroatoms. The van der Waals surface area contributed by atoms with E-state index in [1.165, 1.54) is 0 Å². The van der Waals surface area contributed by atoms with Crippen LogP contribution in [0.5, 0.6) is 0 Å². The summed E-state index contributed by atoms with van der Waals surface area (Å²) in [7, 11) is 0. The van der Waals surface area contributed by atoms with Crippen molar-refractivity contribution < 1.29 is 14.3 Å². The number of carbonyl (C=O) groups excluding carboxylic acids is 2. The van der Waals surface area contributed by atoms with Crippen molar-refractivity contribution in [2.75, 3.05) is 6.61 Å². The van der Waals surface area contributed by atoms with Crippen LogP contribution in [0.1, 0.15) is 34.0 Å². The minimum absolute atomic E-state index is 0.156. The second-order valence-electron chi connectivity index (χ2n) is 3.68. The van der Waals surface area contributed by atoms with E-state index in [0.29, 0.717) is 12.2 Å². The summed E-state index contributed by atoms with van der Waals surface area (Å²) in [5, 5.41) is 0. The van der Waals surface area contributed by atoms with Gasteiger partial charge in [0, 0.05) is 5.56 Å². The van der Waals surface area contributed by atoms with Gasteiger partial charge in [0.15, 0.2) is 6.29 Å². The highest BCUT2D eigenvalue weighted by molar-refractivity contribution is 5.84. The van der Waals surface area contributed by atoms with E-state index in [1.54, 1.807) is 6.92 Å². The molecule has 0 aromatic heterocycles. The first-order chi connectivity index (χ1) is 7.60. The minimum atomic E-state index is -0.297. The lowest BCUT2D eigenvalue weighted by Crippen LogP contribution is -2.10. The van der Waals surface area contributed by atoms with Gasteiger partial charge in [-0.15, -0.1) is 0 Å². The summed E-state index contributed by atoms with van der Waals surface area (Å²) < 4.78 is 4.86. The molecular formula is C13H16O3. The third kappa shape index (κ3) is 2.69. The smallest absolute Gasteiger partial charge is 0.310 e. The molecule has 0 aliphatic heterocycles. The maximum atomic E-state index is 11.3. The van der Waals surface area contributed by atoms with Crippen molar-refractivity contribution in [3.8, 4) is 0 Å². The van der Waals surface area contributed by atoms with Gasteiger partial charge in [-0.05, 0) is 37.5 Å². The predicted octanol–water partition coefficient (Wildman–Crippen LogP) is 2.22. The standard InChI is InChI=1S/C13H16O3/c1-4-16-13(15)7-11-6-5-9(2)10(3)12(11)8-14/h5-6,8H,4,7H2,1-3H3. The molecule has 0 aliphatic rings. The van der Waals surface area contributed by atoms with E-state index in [1.807, 2.05) is 26.0 Å². The van der Waals surface area contributed by atoms with E-state index in [4.69, 9.17) is 4.74 Å². The Morgan fingerprint density at radius 1 is 1.38 bits per heavy atom. The highest BCUT2D eigenvalue weighted by Gasteiger charge is 2.11. The number of hydrogen-bond donors (Lipinski definition) is 0. The predicted molar refractivity (Wildman–Crippen MR) is 61.6 cm³/mol. The van der Waals surface area contributed by atoms with Crippen molar-refractivity contribution in [1.29, 1.82) is 0 Å². The number of hydrogen-bond acceptors (Lipinski definition) is 3. The summed E-state index contributed by atoms with van der Waals surface area (Å²) in [6.07, 6.45) is 0.958. The molecule has 16 heavy (non-hydrogen) atoms. The molecule has 0 unspecified atom stereocenters. The van der Waals surface area contributed by atoms with Crippen molar-refractivity contribution in [2.45, 2.75) is 27.2 Å². The van der Waals surface area contributed by atoms with E-state index < -0.39 is 0 Å². The van der Waals surface area contributed by atoms with Crippen LogP contribution in [0.2, 0.25) is 0 Å². The summed E-state index contributed by atoms with van der Waals surface area (Å²) >= 11 is 0. The van der Waals surface area contributed by atoms with Crippen molar-refractivity contribution in [3.05, 3.63) is 34.4 Å². The minimum Gasteiger partial charge on any atom is -0.466 e. The third-order valence-corrected chi connectivity index (χ3v) is 2.63. The number of benzene rings is 1. The van der Waals surface area contributed by atoms with Gasteiger partial charge in [-0.2, -0.15) is 0 Å². The molecule has 0 radical (unpaired) electrons. The van der Waals surface area contributed by atoms with Crippen LogP contribution in [-0.2, 0) is 16.0 Å². The molecule has 0 aliphatic carbocycles. The van der Waals surface area contributed by atoms with Gasteiger partial charge in [-0.25, -0.2) is 0 Å². The largest absolute Gasteiger partial charge is 0.466 e. The second-order valence-corrected chi connectivity index (χ2v) is 3.68. The van der Waals surface area contributed by atoms with E-state index in [0.717, 1.165) is 23.0 Å². The fraction of sp³-hybridized carbons (Fsp3) is 0.385. The van der Waals surface area contributed by atoms with E-state index in [2.05, 4.69) is 0 Å². The first-order valence-corrected chi connectivity index (χ1v) is 5.30. The Bertz CT molecular complexity index is 408. The van der Waals surface area contributed by atoms with Gasteiger partial charge in [0.05, 0.1) is 13.0 Å². The Kier molecular flexibility index (Phi) is 4.23. The molecule has 3 nitrogen and oxygen atoms in total. The summed E-state index contributed by atoms with van der Waals surface area (Å²) in [6.45, 7) is 5.95. The fourth-order valence-electron chi connectivity index (χ4n) is 1.58. The molecule has 0 spiro atoms. The fourth-order valence-corrected chi connectivity index (χ4v) is 1.58. The monoisotopic (exact) mass is 220 g/mol. The molecular weight excluding hydrogens is 204 g/mol. The third-order valence-electron chi connectivity index (χ3n) is 2.63. The molecule has 0 amide bonds. The van der Waals surface area contributed by atoms with Crippen LogP contribution in [-0.4, -0.2) is 18.9 Å². The highest BCUT2D eigenvalue weighted by atomic mass is 16.5. The first kappa shape index (κ1) is 12.4. The SMILES string of the molecule is CCOC(=O)Cc1ccc(C)c(C)c1C=O.